The minimum absolute atomic E-state index is 0.462. The third-order valence-corrected chi connectivity index (χ3v) is 6.85. The summed E-state index contributed by atoms with van der Waals surface area (Å²) in [7, 11) is 1.64. The van der Waals surface area contributed by atoms with Gasteiger partial charge in [-0.2, -0.15) is 13.2 Å². The van der Waals surface area contributed by atoms with Crippen LogP contribution in [0, 0.1) is 0 Å². The number of hydrogen-bond donors (Lipinski definition) is 0. The van der Waals surface area contributed by atoms with E-state index < -0.39 is 23.6 Å². The number of alkyl halides is 3. The summed E-state index contributed by atoms with van der Waals surface area (Å²) in [4.78, 5) is 5.04. The van der Waals surface area contributed by atoms with Crippen molar-refractivity contribution < 1.29 is 17.9 Å². The Kier molecular flexibility index (Phi) is 5.75. The second-order valence-electron chi connectivity index (χ2n) is 8.58. The molecule has 0 radical (unpaired) electrons. The van der Waals surface area contributed by atoms with Crippen molar-refractivity contribution in [2.75, 3.05) is 13.7 Å². The van der Waals surface area contributed by atoms with E-state index in [4.69, 9.17) is 9.73 Å². The van der Waals surface area contributed by atoms with Gasteiger partial charge in [0.05, 0.1) is 17.7 Å². The van der Waals surface area contributed by atoms with Gasteiger partial charge in [-0.1, -0.05) is 67.4 Å². The Morgan fingerprint density at radius 2 is 1.67 bits per heavy atom. The lowest BCUT2D eigenvalue weighted by atomic mass is 9.52. The number of halogens is 3. The van der Waals surface area contributed by atoms with Gasteiger partial charge in [0.2, 0.25) is 0 Å². The summed E-state index contributed by atoms with van der Waals surface area (Å²) in [5.74, 6) is 0. The summed E-state index contributed by atoms with van der Waals surface area (Å²) in [5, 5.41) is 0. The van der Waals surface area contributed by atoms with Crippen molar-refractivity contribution in [3.05, 3.63) is 71.3 Å². The lowest BCUT2D eigenvalue weighted by molar-refractivity contribution is -0.158. The zero-order valence-corrected chi connectivity index (χ0v) is 17.3. The Balaban J connectivity index is 1.96. The molecule has 0 aromatic heterocycles. The van der Waals surface area contributed by atoms with Crippen LogP contribution < -0.4 is 0 Å². The molecule has 2 aromatic rings. The van der Waals surface area contributed by atoms with Crippen molar-refractivity contribution in [1.29, 1.82) is 0 Å². The molecular weight excluding hydrogens is 387 g/mol. The smallest absolute Gasteiger partial charge is 0.385 e. The van der Waals surface area contributed by atoms with Gasteiger partial charge in [-0.25, -0.2) is 0 Å². The molecule has 2 nitrogen and oxygen atoms in total. The van der Waals surface area contributed by atoms with Gasteiger partial charge >= 0.3 is 6.18 Å². The van der Waals surface area contributed by atoms with Crippen molar-refractivity contribution in [1.82, 2.24) is 0 Å². The summed E-state index contributed by atoms with van der Waals surface area (Å²) in [6.07, 6.45) is -0.883. The highest BCUT2D eigenvalue weighted by molar-refractivity contribution is 6.15. The predicted octanol–water partition coefficient (Wildman–Crippen LogP) is 6.47. The lowest BCUT2D eigenvalue weighted by Gasteiger charge is -2.55. The molecule has 0 spiro atoms. The van der Waals surface area contributed by atoms with Crippen LogP contribution in [0.5, 0.6) is 0 Å². The van der Waals surface area contributed by atoms with Gasteiger partial charge in [0.25, 0.3) is 0 Å². The number of rotatable bonds is 6. The molecule has 0 saturated heterocycles. The average molecular weight is 415 g/mol. The van der Waals surface area contributed by atoms with E-state index in [2.05, 4.69) is 0 Å². The maximum Gasteiger partial charge on any atom is 0.391 e. The zero-order chi connectivity index (χ0) is 21.2. The summed E-state index contributed by atoms with van der Waals surface area (Å²) >= 11 is 0. The first kappa shape index (κ1) is 21.1. The number of ether oxygens (including phenoxy) is 1. The molecule has 1 heterocycles. The molecule has 0 amide bonds. The number of methoxy groups -OCH3 is 1. The van der Waals surface area contributed by atoms with E-state index in [-0.39, 0.29) is 0 Å². The molecule has 1 fully saturated rings. The zero-order valence-electron chi connectivity index (χ0n) is 17.3. The second-order valence-corrected chi connectivity index (χ2v) is 8.58. The van der Waals surface area contributed by atoms with Crippen molar-refractivity contribution in [2.45, 2.75) is 62.1 Å². The molecule has 30 heavy (non-hydrogen) atoms. The molecule has 5 heteroatoms. The fourth-order valence-electron chi connectivity index (χ4n) is 5.70. The van der Waals surface area contributed by atoms with E-state index in [0.717, 1.165) is 42.4 Å². The van der Waals surface area contributed by atoms with Crippen molar-refractivity contribution in [2.24, 2.45) is 4.99 Å². The maximum atomic E-state index is 14.0. The van der Waals surface area contributed by atoms with Crippen LogP contribution in [0.2, 0.25) is 0 Å². The molecule has 1 aliphatic heterocycles. The molecular formula is C25H28F3NO. The lowest BCUT2D eigenvalue weighted by Crippen LogP contribution is -2.57. The maximum absolute atomic E-state index is 14.0. The molecule has 0 bridgehead atoms. The Morgan fingerprint density at radius 3 is 2.40 bits per heavy atom. The highest BCUT2D eigenvalue weighted by Gasteiger charge is 2.60. The average Bonchev–Trinajstić information content (AvgIpc) is 2.73. The Hall–Kier alpha value is -2.14. The summed E-state index contributed by atoms with van der Waals surface area (Å²) < 4.78 is 47.2. The standard InChI is InChI=1S/C25H28F3NO/c1-30-17-9-15-23-14-7-8-16-24(23,18-25(26,27)28)29-22(19-10-3-2-4-11-19)20-12-5-6-13-21(20)23/h2-6,10-13H,7-9,14-18H2,1H3/t23-,24-/m1/s1. The predicted molar refractivity (Wildman–Crippen MR) is 113 cm³/mol. The van der Waals surface area contributed by atoms with Crippen LogP contribution in [0.4, 0.5) is 13.2 Å². The number of nitrogens with zero attached hydrogens (tertiary/aromatic N) is 1. The Bertz CT molecular complexity index is 908. The van der Waals surface area contributed by atoms with E-state index in [1.807, 2.05) is 54.6 Å². The molecule has 1 aliphatic carbocycles. The number of aliphatic imine (C=N–C) groups is 1. The van der Waals surface area contributed by atoms with Crippen molar-refractivity contribution in [3.8, 4) is 0 Å². The molecule has 2 aromatic carbocycles. The number of fused-ring (bicyclic) bond motifs is 3. The first-order valence-corrected chi connectivity index (χ1v) is 10.7. The van der Waals surface area contributed by atoms with Gasteiger partial charge in [0, 0.05) is 30.3 Å². The van der Waals surface area contributed by atoms with Crippen molar-refractivity contribution >= 4 is 5.71 Å². The van der Waals surface area contributed by atoms with Gasteiger partial charge in [-0.3, -0.25) is 4.99 Å². The fraction of sp³-hybridized carbons (Fsp3) is 0.480. The largest absolute Gasteiger partial charge is 0.391 e. The molecule has 160 valence electrons. The van der Waals surface area contributed by atoms with Gasteiger partial charge < -0.3 is 4.74 Å². The quantitative estimate of drug-likeness (QED) is 0.496. The van der Waals surface area contributed by atoms with Crippen LogP contribution in [-0.2, 0) is 10.2 Å². The third-order valence-electron chi connectivity index (χ3n) is 6.85. The molecule has 4 rings (SSSR count). The monoisotopic (exact) mass is 415 g/mol. The Morgan fingerprint density at radius 1 is 0.967 bits per heavy atom. The van der Waals surface area contributed by atoms with E-state index in [0.29, 0.717) is 25.2 Å². The Labute approximate surface area is 176 Å². The van der Waals surface area contributed by atoms with Crippen LogP contribution >= 0.6 is 0 Å². The molecule has 1 saturated carbocycles. The van der Waals surface area contributed by atoms with E-state index in [9.17, 15) is 13.2 Å². The van der Waals surface area contributed by atoms with Gasteiger partial charge in [-0.05, 0) is 31.2 Å². The van der Waals surface area contributed by atoms with E-state index >= 15 is 0 Å². The first-order valence-electron chi connectivity index (χ1n) is 10.7. The van der Waals surface area contributed by atoms with Crippen LogP contribution in [0.25, 0.3) is 0 Å². The number of hydrogen-bond acceptors (Lipinski definition) is 2. The molecule has 2 atom stereocenters. The number of benzene rings is 2. The third kappa shape index (κ3) is 3.68. The van der Waals surface area contributed by atoms with Crippen LogP contribution in [-0.4, -0.2) is 31.1 Å². The topological polar surface area (TPSA) is 21.6 Å². The summed E-state index contributed by atoms with van der Waals surface area (Å²) in [6.45, 7) is 0.543. The minimum atomic E-state index is -4.28. The molecule has 0 unspecified atom stereocenters. The van der Waals surface area contributed by atoms with E-state index in [1.165, 1.54) is 0 Å². The first-order chi connectivity index (χ1) is 14.4. The van der Waals surface area contributed by atoms with Crippen LogP contribution in [0.1, 0.15) is 61.6 Å². The summed E-state index contributed by atoms with van der Waals surface area (Å²) in [5.41, 5.74) is 1.78. The van der Waals surface area contributed by atoms with E-state index in [1.54, 1.807) is 7.11 Å². The van der Waals surface area contributed by atoms with Gasteiger partial charge in [0.15, 0.2) is 0 Å². The van der Waals surface area contributed by atoms with Crippen molar-refractivity contribution in [3.63, 3.8) is 0 Å². The second kappa shape index (κ2) is 8.18. The van der Waals surface area contributed by atoms with Crippen LogP contribution in [0.3, 0.4) is 0 Å². The van der Waals surface area contributed by atoms with Crippen LogP contribution in [0.15, 0.2) is 59.6 Å². The van der Waals surface area contributed by atoms with Gasteiger partial charge in [-0.15, -0.1) is 0 Å². The fourth-order valence-corrected chi connectivity index (χ4v) is 5.70. The highest BCUT2D eigenvalue weighted by Crippen LogP contribution is 2.58. The minimum Gasteiger partial charge on any atom is -0.385 e. The highest BCUT2D eigenvalue weighted by atomic mass is 19.4. The van der Waals surface area contributed by atoms with Gasteiger partial charge in [0.1, 0.15) is 0 Å². The molecule has 0 N–H and O–H groups in total. The molecule has 2 aliphatic rings. The normalized spacial score (nSPS) is 25.9. The summed E-state index contributed by atoms with van der Waals surface area (Å²) in [6, 6.07) is 17.6. The SMILES string of the molecule is COCCC[C@@]12CCCC[C@]1(CC(F)(F)F)N=C(c1ccccc1)c1ccccc12.